The van der Waals surface area contributed by atoms with E-state index in [1.807, 2.05) is 30.5 Å². The normalized spacial score (nSPS) is 15.3. The number of aryl methyl sites for hydroxylation is 2. The molecule has 1 N–H and O–H groups in total. The number of hydrogen-bond acceptors (Lipinski definition) is 2. The summed E-state index contributed by atoms with van der Waals surface area (Å²) >= 11 is 5.19. The SMILES string of the molecule is CNC(Cc1ccc(Br)cc1F)c1cc2c(s1)CCC2. The molecule has 1 aliphatic rings. The van der Waals surface area contributed by atoms with Gasteiger partial charge in [0, 0.05) is 20.3 Å². The highest BCUT2D eigenvalue weighted by atomic mass is 79.9. The summed E-state index contributed by atoms with van der Waals surface area (Å²) in [6.45, 7) is 0. The Morgan fingerprint density at radius 3 is 2.90 bits per heavy atom. The second-order valence-electron chi connectivity index (χ2n) is 5.23. The summed E-state index contributed by atoms with van der Waals surface area (Å²) in [5, 5.41) is 3.33. The van der Waals surface area contributed by atoms with E-state index in [2.05, 4.69) is 27.3 Å². The smallest absolute Gasteiger partial charge is 0.127 e. The van der Waals surface area contributed by atoms with Gasteiger partial charge in [0.05, 0.1) is 0 Å². The lowest BCUT2D eigenvalue weighted by molar-refractivity contribution is 0.559. The van der Waals surface area contributed by atoms with Crippen LogP contribution < -0.4 is 5.32 Å². The number of likely N-dealkylation sites (N-methyl/N-ethyl adjacent to an activating group) is 1. The minimum atomic E-state index is -0.135. The second-order valence-corrected chi connectivity index (χ2v) is 7.32. The quantitative estimate of drug-likeness (QED) is 0.843. The molecule has 1 aromatic heterocycles. The number of halogens is 2. The molecule has 1 aromatic carbocycles. The first kappa shape index (κ1) is 14.2. The number of fused-ring (bicyclic) bond motifs is 1. The van der Waals surface area contributed by atoms with Crippen LogP contribution in [0.3, 0.4) is 0 Å². The average molecular weight is 354 g/mol. The molecule has 0 fully saturated rings. The first-order chi connectivity index (χ1) is 9.67. The molecule has 1 heterocycles. The van der Waals surface area contributed by atoms with Crippen LogP contribution in [0.15, 0.2) is 28.7 Å². The summed E-state index contributed by atoms with van der Waals surface area (Å²) < 4.78 is 14.8. The molecule has 0 saturated carbocycles. The van der Waals surface area contributed by atoms with Crippen molar-refractivity contribution >= 4 is 27.3 Å². The molecule has 0 aliphatic heterocycles. The Morgan fingerprint density at radius 1 is 1.35 bits per heavy atom. The molecule has 1 unspecified atom stereocenters. The van der Waals surface area contributed by atoms with Crippen LogP contribution in [0, 0.1) is 5.82 Å². The molecule has 4 heteroatoms. The standard InChI is InChI=1S/C16H17BrFNS/c1-19-14(7-10-5-6-12(17)9-13(10)18)16-8-11-3-2-4-15(11)20-16/h5-6,8-9,14,19H,2-4,7H2,1H3. The van der Waals surface area contributed by atoms with Crippen molar-refractivity contribution in [3.63, 3.8) is 0 Å². The van der Waals surface area contributed by atoms with E-state index < -0.39 is 0 Å². The van der Waals surface area contributed by atoms with Gasteiger partial charge in [-0.2, -0.15) is 0 Å². The van der Waals surface area contributed by atoms with Gasteiger partial charge in [-0.3, -0.25) is 0 Å². The largest absolute Gasteiger partial charge is 0.312 e. The number of hydrogen-bond donors (Lipinski definition) is 1. The predicted octanol–water partition coefficient (Wildman–Crippen LogP) is 4.64. The van der Waals surface area contributed by atoms with Gasteiger partial charge in [0.15, 0.2) is 0 Å². The van der Waals surface area contributed by atoms with Gasteiger partial charge in [-0.1, -0.05) is 22.0 Å². The van der Waals surface area contributed by atoms with Crippen LogP contribution in [0.25, 0.3) is 0 Å². The maximum Gasteiger partial charge on any atom is 0.127 e. The second kappa shape index (κ2) is 5.96. The predicted molar refractivity (Wildman–Crippen MR) is 85.9 cm³/mol. The van der Waals surface area contributed by atoms with E-state index in [1.54, 1.807) is 0 Å². The fourth-order valence-corrected chi connectivity index (χ4v) is 4.48. The number of thiophene rings is 1. The van der Waals surface area contributed by atoms with Crippen molar-refractivity contribution in [3.05, 3.63) is 55.4 Å². The Bertz CT molecular complexity index is 601. The van der Waals surface area contributed by atoms with Crippen LogP contribution in [0.2, 0.25) is 0 Å². The van der Waals surface area contributed by atoms with Crippen molar-refractivity contribution in [3.8, 4) is 0 Å². The summed E-state index contributed by atoms with van der Waals surface area (Å²) in [5.41, 5.74) is 2.27. The van der Waals surface area contributed by atoms with Gasteiger partial charge in [0.25, 0.3) is 0 Å². The third-order valence-electron chi connectivity index (χ3n) is 3.90. The van der Waals surface area contributed by atoms with E-state index in [4.69, 9.17) is 0 Å². The fraction of sp³-hybridized carbons (Fsp3) is 0.375. The molecule has 1 aliphatic carbocycles. The molecule has 1 nitrogen and oxygen atoms in total. The number of benzene rings is 1. The molecule has 0 amide bonds. The Kier molecular flexibility index (Phi) is 4.24. The number of rotatable bonds is 4. The highest BCUT2D eigenvalue weighted by Crippen LogP contribution is 2.35. The highest BCUT2D eigenvalue weighted by molar-refractivity contribution is 9.10. The molecule has 1 atom stereocenters. The van der Waals surface area contributed by atoms with Crippen molar-refractivity contribution in [2.75, 3.05) is 7.05 Å². The van der Waals surface area contributed by atoms with Crippen molar-refractivity contribution < 1.29 is 4.39 Å². The van der Waals surface area contributed by atoms with E-state index in [9.17, 15) is 4.39 Å². The van der Waals surface area contributed by atoms with Crippen molar-refractivity contribution in [1.29, 1.82) is 0 Å². The lowest BCUT2D eigenvalue weighted by atomic mass is 10.0. The van der Waals surface area contributed by atoms with Crippen LogP contribution in [-0.2, 0) is 19.3 Å². The summed E-state index contributed by atoms with van der Waals surface area (Å²) in [6, 6.07) is 7.81. The third-order valence-corrected chi connectivity index (χ3v) is 5.74. The maximum absolute atomic E-state index is 14.0. The molecule has 0 spiro atoms. The molecule has 106 valence electrons. The van der Waals surface area contributed by atoms with Crippen LogP contribution in [0.1, 0.15) is 33.3 Å². The fourth-order valence-electron chi connectivity index (χ4n) is 2.78. The minimum Gasteiger partial charge on any atom is -0.312 e. The van der Waals surface area contributed by atoms with E-state index in [1.165, 1.54) is 40.6 Å². The van der Waals surface area contributed by atoms with Gasteiger partial charge >= 0.3 is 0 Å². The Balaban J connectivity index is 1.82. The molecule has 0 saturated heterocycles. The van der Waals surface area contributed by atoms with Gasteiger partial charge in [-0.05, 0) is 62.1 Å². The van der Waals surface area contributed by atoms with E-state index >= 15 is 0 Å². The van der Waals surface area contributed by atoms with Crippen molar-refractivity contribution in [2.45, 2.75) is 31.7 Å². The lowest BCUT2D eigenvalue weighted by Gasteiger charge is -2.15. The molecular weight excluding hydrogens is 337 g/mol. The Labute approximate surface area is 131 Å². The van der Waals surface area contributed by atoms with Gasteiger partial charge in [0.2, 0.25) is 0 Å². The topological polar surface area (TPSA) is 12.0 Å². The minimum absolute atomic E-state index is 0.135. The van der Waals surface area contributed by atoms with E-state index in [0.717, 1.165) is 10.0 Å². The van der Waals surface area contributed by atoms with Gasteiger partial charge in [-0.25, -0.2) is 4.39 Å². The molecule has 20 heavy (non-hydrogen) atoms. The average Bonchev–Trinajstić information content (AvgIpc) is 2.98. The summed E-state index contributed by atoms with van der Waals surface area (Å²) in [6.07, 6.45) is 4.39. The Morgan fingerprint density at radius 2 is 2.20 bits per heavy atom. The van der Waals surface area contributed by atoms with Gasteiger partial charge in [0.1, 0.15) is 5.82 Å². The first-order valence-corrected chi connectivity index (χ1v) is 8.51. The molecule has 0 bridgehead atoms. The lowest BCUT2D eigenvalue weighted by Crippen LogP contribution is -2.18. The summed E-state index contributed by atoms with van der Waals surface area (Å²) in [7, 11) is 1.95. The van der Waals surface area contributed by atoms with Gasteiger partial charge < -0.3 is 5.32 Å². The highest BCUT2D eigenvalue weighted by Gasteiger charge is 2.20. The Hall–Kier alpha value is -0.710. The zero-order chi connectivity index (χ0) is 14.1. The first-order valence-electron chi connectivity index (χ1n) is 6.90. The van der Waals surface area contributed by atoms with E-state index in [0.29, 0.717) is 6.42 Å². The molecular formula is C16H17BrFNS. The van der Waals surface area contributed by atoms with Crippen molar-refractivity contribution in [2.24, 2.45) is 0 Å². The van der Waals surface area contributed by atoms with E-state index in [-0.39, 0.29) is 11.9 Å². The van der Waals surface area contributed by atoms with Crippen LogP contribution in [-0.4, -0.2) is 7.05 Å². The van der Waals surface area contributed by atoms with Crippen LogP contribution in [0.4, 0.5) is 4.39 Å². The molecule has 2 aromatic rings. The number of nitrogens with one attached hydrogen (secondary N) is 1. The maximum atomic E-state index is 14.0. The zero-order valence-electron chi connectivity index (χ0n) is 11.4. The summed E-state index contributed by atoms with van der Waals surface area (Å²) in [4.78, 5) is 2.86. The molecule has 3 rings (SSSR count). The summed E-state index contributed by atoms with van der Waals surface area (Å²) in [5.74, 6) is -0.135. The third kappa shape index (κ3) is 2.83. The van der Waals surface area contributed by atoms with Crippen molar-refractivity contribution in [1.82, 2.24) is 5.32 Å². The van der Waals surface area contributed by atoms with Gasteiger partial charge in [-0.15, -0.1) is 11.3 Å². The van der Waals surface area contributed by atoms with Crippen LogP contribution in [0.5, 0.6) is 0 Å². The monoisotopic (exact) mass is 353 g/mol. The zero-order valence-corrected chi connectivity index (χ0v) is 13.8. The van der Waals surface area contributed by atoms with Crippen LogP contribution >= 0.6 is 27.3 Å². The molecule has 0 radical (unpaired) electrons.